The number of hydrogen-bond acceptors (Lipinski definition) is 1. The maximum absolute atomic E-state index is 2.42. The Morgan fingerprint density at radius 3 is 1.31 bits per heavy atom. The minimum Gasteiger partial charge on any atom is -0.312 e. The van der Waals surface area contributed by atoms with Crippen molar-refractivity contribution in [1.82, 2.24) is 0 Å². The first-order valence-electron chi connectivity index (χ1n) is 13.6. The lowest BCUT2D eigenvalue weighted by atomic mass is 9.35. The minimum atomic E-state index is 0.185. The van der Waals surface area contributed by atoms with Crippen LogP contribution in [0.25, 0.3) is 0 Å². The predicted octanol–water partition coefficient (Wildman–Crippen LogP) is 7.17. The van der Waals surface area contributed by atoms with E-state index in [0.717, 1.165) is 0 Å². The van der Waals surface area contributed by atoms with E-state index >= 15 is 0 Å². The minimum absolute atomic E-state index is 0.185. The van der Waals surface area contributed by atoms with Crippen molar-refractivity contribution in [3.8, 4) is 0 Å². The lowest BCUT2D eigenvalue weighted by Crippen LogP contribution is -2.57. The van der Waals surface area contributed by atoms with E-state index in [-0.39, 0.29) is 12.6 Å². The van der Waals surface area contributed by atoms with Gasteiger partial charge in [0.05, 0.1) is 0 Å². The zero-order valence-corrected chi connectivity index (χ0v) is 21.7. The molecule has 0 spiro atoms. The van der Waals surface area contributed by atoms with Gasteiger partial charge in [0.15, 0.2) is 0 Å². The standard InChI is InChI=1S/C37H28BN/c1-4-14-28(15-5-1)37(29-16-6-2-7-17-29)30-24-26-32(27-25-30)39-35-22-12-10-20-33(35)38(31-18-8-3-9-19-31)34-21-11-13-23-36(34)39/h1-27,37H. The Balaban J connectivity index is 1.34. The highest BCUT2D eigenvalue weighted by Crippen LogP contribution is 2.38. The summed E-state index contributed by atoms with van der Waals surface area (Å²) in [5.74, 6) is 0.185. The molecule has 0 amide bonds. The quantitative estimate of drug-likeness (QED) is 0.180. The molecule has 0 unspecified atom stereocenters. The Labute approximate surface area is 231 Å². The van der Waals surface area contributed by atoms with E-state index in [4.69, 9.17) is 0 Å². The largest absolute Gasteiger partial charge is 0.312 e. The molecule has 0 fully saturated rings. The van der Waals surface area contributed by atoms with Gasteiger partial charge in [-0.25, -0.2) is 0 Å². The Morgan fingerprint density at radius 1 is 0.385 bits per heavy atom. The molecule has 0 bridgehead atoms. The van der Waals surface area contributed by atoms with Gasteiger partial charge < -0.3 is 4.90 Å². The normalized spacial score (nSPS) is 12.2. The van der Waals surface area contributed by atoms with Crippen LogP contribution >= 0.6 is 0 Å². The van der Waals surface area contributed by atoms with Crippen molar-refractivity contribution in [2.75, 3.05) is 4.90 Å². The summed E-state index contributed by atoms with van der Waals surface area (Å²) in [6.07, 6.45) is 0. The number of anilines is 3. The van der Waals surface area contributed by atoms with Crippen LogP contribution in [0.4, 0.5) is 17.1 Å². The molecule has 1 nitrogen and oxygen atoms in total. The van der Waals surface area contributed by atoms with E-state index in [1.807, 2.05) is 0 Å². The van der Waals surface area contributed by atoms with Gasteiger partial charge in [-0.05, 0) is 51.9 Å². The second kappa shape index (κ2) is 10.2. The highest BCUT2D eigenvalue weighted by Gasteiger charge is 2.34. The van der Waals surface area contributed by atoms with Crippen molar-refractivity contribution < 1.29 is 0 Å². The highest BCUT2D eigenvalue weighted by molar-refractivity contribution is 6.98. The van der Waals surface area contributed by atoms with Crippen molar-refractivity contribution in [3.63, 3.8) is 0 Å². The molecule has 0 saturated carbocycles. The zero-order chi connectivity index (χ0) is 26.0. The topological polar surface area (TPSA) is 3.24 Å². The molecule has 7 rings (SSSR count). The molecule has 0 aliphatic carbocycles. The average molecular weight is 497 g/mol. The molecular formula is C37H28BN. The van der Waals surface area contributed by atoms with Crippen molar-refractivity contribution in [1.29, 1.82) is 0 Å². The molecule has 0 radical (unpaired) electrons. The molecule has 0 atom stereocenters. The summed E-state index contributed by atoms with van der Waals surface area (Å²) >= 11 is 0. The molecular weight excluding hydrogens is 469 g/mol. The third kappa shape index (κ3) is 4.25. The first-order valence-corrected chi connectivity index (χ1v) is 13.6. The summed E-state index contributed by atoms with van der Waals surface area (Å²) in [7, 11) is 0. The van der Waals surface area contributed by atoms with E-state index in [9.17, 15) is 0 Å². The number of para-hydroxylation sites is 2. The smallest absolute Gasteiger partial charge is 0.246 e. The van der Waals surface area contributed by atoms with Gasteiger partial charge in [0, 0.05) is 23.0 Å². The van der Waals surface area contributed by atoms with Gasteiger partial charge in [-0.3, -0.25) is 0 Å². The third-order valence-electron chi connectivity index (χ3n) is 7.86. The number of nitrogens with zero attached hydrogens (tertiary/aromatic N) is 1. The van der Waals surface area contributed by atoms with Gasteiger partial charge in [0.25, 0.3) is 0 Å². The molecule has 2 heteroatoms. The molecule has 0 aromatic heterocycles. The van der Waals surface area contributed by atoms with Gasteiger partial charge in [-0.2, -0.15) is 0 Å². The second-order valence-electron chi connectivity index (χ2n) is 10.1. The van der Waals surface area contributed by atoms with Crippen LogP contribution in [-0.2, 0) is 0 Å². The maximum atomic E-state index is 2.42. The molecule has 184 valence electrons. The van der Waals surface area contributed by atoms with Crippen molar-refractivity contribution in [3.05, 3.63) is 180 Å². The molecule has 1 aliphatic heterocycles. The Morgan fingerprint density at radius 2 is 0.795 bits per heavy atom. The van der Waals surface area contributed by atoms with Crippen LogP contribution in [0.1, 0.15) is 22.6 Å². The summed E-state index contributed by atoms with van der Waals surface area (Å²) in [6.45, 7) is 0.203. The average Bonchev–Trinajstić information content (AvgIpc) is 3.02. The molecule has 39 heavy (non-hydrogen) atoms. The molecule has 1 aliphatic rings. The molecule has 6 aromatic carbocycles. The number of fused-ring (bicyclic) bond motifs is 2. The molecule has 0 N–H and O–H groups in total. The van der Waals surface area contributed by atoms with E-state index < -0.39 is 0 Å². The van der Waals surface area contributed by atoms with Gasteiger partial charge in [0.1, 0.15) is 0 Å². The molecule has 0 saturated heterocycles. The summed E-state index contributed by atoms with van der Waals surface area (Å²) in [5.41, 5.74) is 11.5. The second-order valence-corrected chi connectivity index (χ2v) is 10.1. The lowest BCUT2D eigenvalue weighted by Gasteiger charge is -2.37. The summed E-state index contributed by atoms with van der Waals surface area (Å²) in [6, 6.07) is 59.3. The van der Waals surface area contributed by atoms with Crippen LogP contribution in [0, 0.1) is 0 Å². The zero-order valence-electron chi connectivity index (χ0n) is 21.7. The Bertz CT molecular complexity index is 1610. The van der Waals surface area contributed by atoms with E-state index in [0.29, 0.717) is 0 Å². The van der Waals surface area contributed by atoms with Gasteiger partial charge >= 0.3 is 0 Å². The Kier molecular flexibility index (Phi) is 6.07. The van der Waals surface area contributed by atoms with E-state index in [1.54, 1.807) is 0 Å². The van der Waals surface area contributed by atoms with Gasteiger partial charge in [-0.1, -0.05) is 145 Å². The third-order valence-corrected chi connectivity index (χ3v) is 7.86. The summed E-state index contributed by atoms with van der Waals surface area (Å²) < 4.78 is 0. The molecule has 1 heterocycles. The summed E-state index contributed by atoms with van der Waals surface area (Å²) in [5, 5.41) is 0. The fraction of sp³-hybridized carbons (Fsp3) is 0.0270. The first-order chi connectivity index (χ1) is 19.4. The fourth-order valence-corrected chi connectivity index (χ4v) is 6.13. The van der Waals surface area contributed by atoms with Crippen molar-refractivity contribution in [2.45, 2.75) is 5.92 Å². The lowest BCUT2D eigenvalue weighted by molar-refractivity contribution is 0.977. The maximum Gasteiger partial charge on any atom is 0.246 e. The molecule has 6 aromatic rings. The number of rotatable bonds is 5. The van der Waals surface area contributed by atoms with Gasteiger partial charge in [0.2, 0.25) is 6.71 Å². The van der Waals surface area contributed by atoms with E-state index in [2.05, 4.69) is 169 Å². The predicted molar refractivity (Wildman–Crippen MR) is 166 cm³/mol. The highest BCUT2D eigenvalue weighted by atomic mass is 15.1. The van der Waals surface area contributed by atoms with Crippen LogP contribution in [0.2, 0.25) is 0 Å². The van der Waals surface area contributed by atoms with Crippen LogP contribution in [-0.4, -0.2) is 6.71 Å². The van der Waals surface area contributed by atoms with Crippen LogP contribution < -0.4 is 21.3 Å². The van der Waals surface area contributed by atoms with E-state index in [1.165, 1.54) is 50.1 Å². The SMILES string of the molecule is c1ccc(B2c3ccccc3N(c3ccc(C(c4ccccc4)c4ccccc4)cc3)c3ccccc32)cc1. The van der Waals surface area contributed by atoms with Crippen molar-refractivity contribution >= 4 is 40.2 Å². The monoisotopic (exact) mass is 497 g/mol. The fourth-order valence-electron chi connectivity index (χ4n) is 6.13. The summed E-state index contributed by atoms with van der Waals surface area (Å²) in [4.78, 5) is 2.42. The van der Waals surface area contributed by atoms with Gasteiger partial charge in [-0.15, -0.1) is 0 Å². The number of benzene rings is 6. The van der Waals surface area contributed by atoms with Crippen LogP contribution in [0.15, 0.2) is 164 Å². The van der Waals surface area contributed by atoms with Crippen molar-refractivity contribution in [2.24, 2.45) is 0 Å². The Hall–Kier alpha value is -4.82. The van der Waals surface area contributed by atoms with Crippen LogP contribution in [0.3, 0.4) is 0 Å². The number of hydrogen-bond donors (Lipinski definition) is 0. The van der Waals surface area contributed by atoms with Crippen LogP contribution in [0.5, 0.6) is 0 Å². The first kappa shape index (κ1) is 23.3.